The zero-order valence-corrected chi connectivity index (χ0v) is 13.0. The van der Waals surface area contributed by atoms with Gasteiger partial charge >= 0.3 is 0 Å². The number of hydrogen-bond acceptors (Lipinski definition) is 3. The molecule has 0 aliphatic rings. The number of thiazole rings is 1. The van der Waals surface area contributed by atoms with Crippen molar-refractivity contribution in [2.24, 2.45) is 7.05 Å². The van der Waals surface area contributed by atoms with E-state index in [0.717, 1.165) is 27.1 Å². The van der Waals surface area contributed by atoms with Crippen LogP contribution in [0.15, 0.2) is 14.6 Å². The highest BCUT2D eigenvalue weighted by Crippen LogP contribution is 2.29. The second-order valence-corrected chi connectivity index (χ2v) is 6.57. The Bertz CT molecular complexity index is 504. The minimum Gasteiger partial charge on any atom is -0.272 e. The number of aryl methyl sites for hydroxylation is 2. The number of hydrogen-bond donors (Lipinski definition) is 0. The van der Waals surface area contributed by atoms with Crippen LogP contribution in [0.4, 0.5) is 0 Å². The van der Waals surface area contributed by atoms with Crippen molar-refractivity contribution in [2.75, 3.05) is 0 Å². The van der Waals surface area contributed by atoms with Gasteiger partial charge in [-0.25, -0.2) is 4.98 Å². The molecule has 0 N–H and O–H groups in total. The average molecular weight is 365 g/mol. The molecule has 0 atom stereocenters. The van der Waals surface area contributed by atoms with Gasteiger partial charge in [0.2, 0.25) is 0 Å². The van der Waals surface area contributed by atoms with Gasteiger partial charge in [-0.05, 0) is 44.3 Å². The van der Waals surface area contributed by atoms with E-state index in [1.807, 2.05) is 11.7 Å². The van der Waals surface area contributed by atoms with Gasteiger partial charge in [-0.15, -0.1) is 11.3 Å². The molecule has 0 saturated carbocycles. The van der Waals surface area contributed by atoms with Crippen LogP contribution in [0.25, 0.3) is 0 Å². The number of halogens is 2. The molecule has 0 bridgehead atoms. The highest BCUT2D eigenvalue weighted by Gasteiger charge is 2.11. The Kier molecular flexibility index (Phi) is 3.81. The highest BCUT2D eigenvalue weighted by molar-refractivity contribution is 9.11. The first kappa shape index (κ1) is 12.3. The number of aromatic nitrogens is 3. The Hall–Kier alpha value is -0.200. The summed E-state index contributed by atoms with van der Waals surface area (Å²) in [5.41, 5.74) is 2.35. The molecule has 0 aromatic carbocycles. The molecule has 3 nitrogen and oxygen atoms in total. The summed E-state index contributed by atoms with van der Waals surface area (Å²) in [6.45, 7) is 2.12. The summed E-state index contributed by atoms with van der Waals surface area (Å²) in [6, 6.07) is 2.15. The van der Waals surface area contributed by atoms with Crippen LogP contribution in [0, 0.1) is 0 Å². The summed E-state index contributed by atoms with van der Waals surface area (Å²) < 4.78 is 3.77. The van der Waals surface area contributed by atoms with E-state index in [-0.39, 0.29) is 0 Å². The van der Waals surface area contributed by atoms with Crippen LogP contribution in [0.5, 0.6) is 0 Å². The zero-order chi connectivity index (χ0) is 11.7. The van der Waals surface area contributed by atoms with E-state index in [2.05, 4.69) is 54.9 Å². The van der Waals surface area contributed by atoms with E-state index in [0.29, 0.717) is 0 Å². The van der Waals surface area contributed by atoms with Gasteiger partial charge in [0.05, 0.1) is 5.69 Å². The smallest absolute Gasteiger partial charge is 0.160 e. The number of rotatable bonds is 3. The van der Waals surface area contributed by atoms with Crippen molar-refractivity contribution in [2.45, 2.75) is 19.8 Å². The first-order valence-corrected chi connectivity index (χ1v) is 7.33. The molecule has 16 heavy (non-hydrogen) atoms. The van der Waals surface area contributed by atoms with E-state index >= 15 is 0 Å². The molecule has 2 aromatic rings. The highest BCUT2D eigenvalue weighted by atomic mass is 79.9. The molecule has 2 aromatic heterocycles. The van der Waals surface area contributed by atoms with E-state index in [9.17, 15) is 0 Å². The van der Waals surface area contributed by atoms with Gasteiger partial charge in [0.25, 0.3) is 0 Å². The van der Waals surface area contributed by atoms with Gasteiger partial charge in [-0.2, -0.15) is 5.10 Å². The van der Waals surface area contributed by atoms with Crippen molar-refractivity contribution in [1.29, 1.82) is 0 Å². The third-order valence-corrected chi connectivity index (χ3v) is 4.78. The van der Waals surface area contributed by atoms with Crippen LogP contribution in [0.2, 0.25) is 0 Å². The third-order valence-electron chi connectivity index (χ3n) is 2.35. The first-order chi connectivity index (χ1) is 7.60. The molecule has 0 spiro atoms. The van der Waals surface area contributed by atoms with E-state index in [1.165, 1.54) is 10.6 Å². The van der Waals surface area contributed by atoms with Crippen molar-refractivity contribution >= 4 is 43.2 Å². The number of nitrogens with zero attached hydrogens (tertiary/aromatic N) is 3. The molecule has 86 valence electrons. The summed E-state index contributed by atoms with van der Waals surface area (Å²) in [4.78, 5) is 5.51. The Balaban J connectivity index is 2.26. The van der Waals surface area contributed by atoms with Crippen LogP contribution >= 0.6 is 43.2 Å². The zero-order valence-electron chi connectivity index (χ0n) is 9.00. The molecule has 0 aliphatic carbocycles. The summed E-state index contributed by atoms with van der Waals surface area (Å²) in [5.74, 6) is 0. The molecule has 0 aliphatic heterocycles. The molecule has 0 amide bonds. The van der Waals surface area contributed by atoms with Gasteiger partial charge in [-0.1, -0.05) is 6.92 Å². The molecule has 6 heteroatoms. The lowest BCUT2D eigenvalue weighted by molar-refractivity contribution is 0.711. The van der Waals surface area contributed by atoms with Crippen LogP contribution in [0.3, 0.4) is 0 Å². The summed E-state index contributed by atoms with van der Waals surface area (Å²) in [7, 11) is 1.98. The minimum absolute atomic E-state index is 0.868. The normalized spacial score (nSPS) is 11.0. The van der Waals surface area contributed by atoms with Crippen molar-refractivity contribution in [3.05, 3.63) is 30.9 Å². The van der Waals surface area contributed by atoms with Crippen molar-refractivity contribution in [3.8, 4) is 0 Å². The lowest BCUT2D eigenvalue weighted by Gasteiger charge is -1.98. The van der Waals surface area contributed by atoms with Gasteiger partial charge in [0.15, 0.2) is 3.92 Å². The fraction of sp³-hybridized carbons (Fsp3) is 0.400. The average Bonchev–Trinajstić information content (AvgIpc) is 2.72. The standard InChI is InChI=1S/C10H11Br2N3S/c1-3-6-4-7(15(2)14-6)5-8-9(11)13-10(12)16-8/h4H,3,5H2,1-2H3. The molecular formula is C10H11Br2N3S. The van der Waals surface area contributed by atoms with Crippen molar-refractivity contribution < 1.29 is 0 Å². The Morgan fingerprint density at radius 3 is 2.69 bits per heavy atom. The van der Waals surface area contributed by atoms with Gasteiger partial charge in [0.1, 0.15) is 4.60 Å². The summed E-state index contributed by atoms with van der Waals surface area (Å²) in [6.07, 6.45) is 1.84. The third kappa shape index (κ3) is 2.55. The maximum absolute atomic E-state index is 4.44. The Labute approximate surface area is 115 Å². The predicted molar refractivity (Wildman–Crippen MR) is 72.9 cm³/mol. The molecule has 0 fully saturated rings. The Morgan fingerprint density at radius 1 is 1.44 bits per heavy atom. The maximum atomic E-state index is 4.44. The van der Waals surface area contributed by atoms with E-state index < -0.39 is 0 Å². The molecule has 2 rings (SSSR count). The lowest BCUT2D eigenvalue weighted by Crippen LogP contribution is -1.98. The largest absolute Gasteiger partial charge is 0.272 e. The molecule has 0 radical (unpaired) electrons. The molecule has 0 saturated heterocycles. The monoisotopic (exact) mass is 363 g/mol. The second-order valence-electron chi connectivity index (χ2n) is 3.46. The topological polar surface area (TPSA) is 30.7 Å². The fourth-order valence-electron chi connectivity index (χ4n) is 1.49. The van der Waals surface area contributed by atoms with Crippen LogP contribution in [-0.4, -0.2) is 14.8 Å². The van der Waals surface area contributed by atoms with Gasteiger partial charge in [-0.3, -0.25) is 4.68 Å². The van der Waals surface area contributed by atoms with Crippen LogP contribution in [-0.2, 0) is 19.9 Å². The van der Waals surface area contributed by atoms with Crippen LogP contribution < -0.4 is 0 Å². The van der Waals surface area contributed by atoms with Gasteiger partial charge < -0.3 is 0 Å². The predicted octanol–water partition coefficient (Wildman–Crippen LogP) is 3.55. The van der Waals surface area contributed by atoms with E-state index in [4.69, 9.17) is 0 Å². The van der Waals surface area contributed by atoms with E-state index in [1.54, 1.807) is 11.3 Å². The maximum Gasteiger partial charge on any atom is 0.160 e. The molecule has 2 heterocycles. The molecule has 0 unspecified atom stereocenters. The SMILES string of the molecule is CCc1cc(Cc2sc(Br)nc2Br)n(C)n1. The van der Waals surface area contributed by atoms with Crippen molar-refractivity contribution in [3.63, 3.8) is 0 Å². The Morgan fingerprint density at radius 2 is 2.19 bits per heavy atom. The quantitative estimate of drug-likeness (QED) is 0.833. The van der Waals surface area contributed by atoms with Crippen molar-refractivity contribution in [1.82, 2.24) is 14.8 Å². The fourth-order valence-corrected chi connectivity index (χ4v) is 3.86. The lowest BCUT2D eigenvalue weighted by atomic mass is 10.2. The molecular weight excluding hydrogens is 354 g/mol. The summed E-state index contributed by atoms with van der Waals surface area (Å²) in [5, 5.41) is 4.44. The first-order valence-electron chi connectivity index (χ1n) is 4.92. The van der Waals surface area contributed by atoms with Crippen LogP contribution in [0.1, 0.15) is 23.2 Å². The second kappa shape index (κ2) is 4.98. The summed E-state index contributed by atoms with van der Waals surface area (Å²) >= 11 is 8.50. The minimum atomic E-state index is 0.868. The van der Waals surface area contributed by atoms with Gasteiger partial charge in [0, 0.05) is 24.0 Å².